The summed E-state index contributed by atoms with van der Waals surface area (Å²) in [5.74, 6) is 0.603. The minimum atomic E-state index is -4.73. The topological polar surface area (TPSA) is 51.4 Å². The monoisotopic (exact) mass is 369 g/mol. The standard InChI is InChI=1S/C16H14F3N3O2S/c1-22(9-11-5-2-3-6-12(11)24-16(17,18)19)10-14-20-21-15(23-14)13-7-4-8-25-13/h2-8H,9-10H2,1H3. The molecule has 2 heterocycles. The van der Waals surface area contributed by atoms with Crippen LogP contribution in [-0.2, 0) is 13.1 Å². The molecule has 0 spiro atoms. The highest BCUT2D eigenvalue weighted by Crippen LogP contribution is 2.27. The van der Waals surface area contributed by atoms with E-state index in [1.54, 1.807) is 24.1 Å². The Morgan fingerprint density at radius 2 is 1.92 bits per heavy atom. The predicted molar refractivity (Wildman–Crippen MR) is 85.9 cm³/mol. The molecule has 9 heteroatoms. The first-order chi connectivity index (χ1) is 11.9. The molecule has 0 bridgehead atoms. The number of para-hydroxylation sites is 1. The van der Waals surface area contributed by atoms with Gasteiger partial charge in [0, 0.05) is 12.1 Å². The van der Waals surface area contributed by atoms with Crippen molar-refractivity contribution in [3.05, 3.63) is 53.2 Å². The molecule has 0 N–H and O–H groups in total. The molecule has 0 amide bonds. The Balaban J connectivity index is 1.66. The van der Waals surface area contributed by atoms with Crippen molar-refractivity contribution in [1.29, 1.82) is 0 Å². The number of ether oxygens (including phenoxy) is 1. The highest BCUT2D eigenvalue weighted by Gasteiger charge is 2.32. The van der Waals surface area contributed by atoms with Gasteiger partial charge in [-0.3, -0.25) is 4.90 Å². The quantitative estimate of drug-likeness (QED) is 0.647. The van der Waals surface area contributed by atoms with Gasteiger partial charge < -0.3 is 9.15 Å². The van der Waals surface area contributed by atoms with E-state index in [0.29, 0.717) is 23.9 Å². The zero-order chi connectivity index (χ0) is 17.9. The highest BCUT2D eigenvalue weighted by atomic mass is 32.1. The zero-order valence-electron chi connectivity index (χ0n) is 13.2. The summed E-state index contributed by atoms with van der Waals surface area (Å²) in [7, 11) is 1.75. The average Bonchev–Trinajstić information content (AvgIpc) is 3.18. The molecule has 1 aromatic carbocycles. The van der Waals surface area contributed by atoms with E-state index in [9.17, 15) is 13.2 Å². The van der Waals surface area contributed by atoms with Crippen LogP contribution in [0.15, 0.2) is 46.2 Å². The van der Waals surface area contributed by atoms with Gasteiger partial charge in [0.2, 0.25) is 5.89 Å². The van der Waals surface area contributed by atoms with Gasteiger partial charge in [-0.05, 0) is 24.6 Å². The predicted octanol–water partition coefficient (Wildman–Crippen LogP) is 4.33. The molecule has 0 fully saturated rings. The van der Waals surface area contributed by atoms with Gasteiger partial charge in [-0.25, -0.2) is 0 Å². The molecule has 0 aliphatic carbocycles. The summed E-state index contributed by atoms with van der Waals surface area (Å²) in [6.45, 7) is 0.543. The van der Waals surface area contributed by atoms with Gasteiger partial charge >= 0.3 is 6.36 Å². The van der Waals surface area contributed by atoms with Crippen LogP contribution in [0.2, 0.25) is 0 Å². The van der Waals surface area contributed by atoms with Crippen LogP contribution in [0, 0.1) is 0 Å². The summed E-state index contributed by atoms with van der Waals surface area (Å²) in [6.07, 6.45) is -4.73. The summed E-state index contributed by atoms with van der Waals surface area (Å²) in [5, 5.41) is 9.86. The number of thiophene rings is 1. The molecule has 0 aliphatic rings. The number of benzene rings is 1. The van der Waals surface area contributed by atoms with Crippen LogP contribution in [0.4, 0.5) is 13.2 Å². The van der Waals surface area contributed by atoms with Crippen LogP contribution in [0.1, 0.15) is 11.5 Å². The Hall–Kier alpha value is -2.39. The van der Waals surface area contributed by atoms with Gasteiger partial charge in [0.1, 0.15) is 5.75 Å². The smallest absolute Gasteiger partial charge is 0.419 e. The van der Waals surface area contributed by atoms with Gasteiger partial charge in [-0.2, -0.15) is 0 Å². The van der Waals surface area contributed by atoms with Crippen LogP contribution in [-0.4, -0.2) is 28.5 Å². The van der Waals surface area contributed by atoms with Crippen molar-refractivity contribution in [1.82, 2.24) is 15.1 Å². The molecular formula is C16H14F3N3O2S. The SMILES string of the molecule is CN(Cc1nnc(-c2cccs2)o1)Cc1ccccc1OC(F)(F)F. The van der Waals surface area contributed by atoms with Crippen LogP contribution in [0.3, 0.4) is 0 Å². The van der Waals surface area contributed by atoms with E-state index in [4.69, 9.17) is 4.42 Å². The summed E-state index contributed by atoms with van der Waals surface area (Å²) < 4.78 is 47.1. The Labute approximate surface area is 145 Å². The second-order valence-electron chi connectivity index (χ2n) is 5.31. The molecule has 0 aliphatic heterocycles. The summed E-state index contributed by atoms with van der Waals surface area (Å²) in [5.41, 5.74) is 0.417. The molecule has 3 rings (SSSR count). The average molecular weight is 369 g/mol. The Morgan fingerprint density at radius 3 is 2.64 bits per heavy atom. The van der Waals surface area contributed by atoms with Crippen LogP contribution in [0.5, 0.6) is 5.75 Å². The number of aromatic nitrogens is 2. The maximum atomic E-state index is 12.5. The van der Waals surface area contributed by atoms with Crippen molar-refractivity contribution in [2.45, 2.75) is 19.5 Å². The Bertz CT molecular complexity index is 818. The van der Waals surface area contributed by atoms with E-state index in [2.05, 4.69) is 14.9 Å². The molecular weight excluding hydrogens is 355 g/mol. The lowest BCUT2D eigenvalue weighted by atomic mass is 10.2. The summed E-state index contributed by atoms with van der Waals surface area (Å²) in [4.78, 5) is 2.63. The third-order valence-corrected chi connectivity index (χ3v) is 4.10. The Morgan fingerprint density at radius 1 is 1.12 bits per heavy atom. The number of rotatable bonds is 6. The fourth-order valence-electron chi connectivity index (χ4n) is 2.25. The molecule has 0 saturated heterocycles. The largest absolute Gasteiger partial charge is 0.573 e. The molecule has 0 unspecified atom stereocenters. The van der Waals surface area contributed by atoms with Crippen molar-refractivity contribution in [3.63, 3.8) is 0 Å². The first-order valence-electron chi connectivity index (χ1n) is 7.29. The van der Waals surface area contributed by atoms with E-state index in [1.165, 1.54) is 23.5 Å². The number of alkyl halides is 3. The molecule has 0 atom stereocenters. The van der Waals surface area contributed by atoms with E-state index in [0.717, 1.165) is 4.88 Å². The van der Waals surface area contributed by atoms with E-state index in [-0.39, 0.29) is 12.3 Å². The normalized spacial score (nSPS) is 11.9. The highest BCUT2D eigenvalue weighted by molar-refractivity contribution is 7.13. The first kappa shape index (κ1) is 17.4. The molecule has 3 aromatic rings. The van der Waals surface area contributed by atoms with E-state index in [1.807, 2.05) is 17.5 Å². The third-order valence-electron chi connectivity index (χ3n) is 3.24. The van der Waals surface area contributed by atoms with Gasteiger partial charge in [-0.15, -0.1) is 34.7 Å². The number of halogens is 3. The molecule has 5 nitrogen and oxygen atoms in total. The van der Waals surface area contributed by atoms with Crippen LogP contribution in [0.25, 0.3) is 10.8 Å². The van der Waals surface area contributed by atoms with Crippen molar-refractivity contribution in [2.24, 2.45) is 0 Å². The van der Waals surface area contributed by atoms with Crippen LogP contribution < -0.4 is 4.74 Å². The molecule has 25 heavy (non-hydrogen) atoms. The van der Waals surface area contributed by atoms with Crippen LogP contribution >= 0.6 is 11.3 Å². The fraction of sp³-hybridized carbons (Fsp3) is 0.250. The lowest BCUT2D eigenvalue weighted by molar-refractivity contribution is -0.275. The lowest BCUT2D eigenvalue weighted by Gasteiger charge is -2.18. The molecule has 0 saturated carbocycles. The lowest BCUT2D eigenvalue weighted by Crippen LogP contribution is -2.21. The summed E-state index contributed by atoms with van der Waals surface area (Å²) >= 11 is 1.49. The minimum absolute atomic E-state index is 0.216. The second kappa shape index (κ2) is 7.24. The molecule has 2 aromatic heterocycles. The molecule has 132 valence electrons. The zero-order valence-corrected chi connectivity index (χ0v) is 14.0. The van der Waals surface area contributed by atoms with Crippen molar-refractivity contribution in [2.75, 3.05) is 7.05 Å². The minimum Gasteiger partial charge on any atom is -0.419 e. The van der Waals surface area contributed by atoms with Crippen molar-refractivity contribution in [3.8, 4) is 16.5 Å². The van der Waals surface area contributed by atoms with E-state index < -0.39 is 6.36 Å². The van der Waals surface area contributed by atoms with Gasteiger partial charge in [0.15, 0.2) is 0 Å². The maximum absolute atomic E-state index is 12.5. The Kier molecular flexibility index (Phi) is 5.05. The second-order valence-corrected chi connectivity index (χ2v) is 6.25. The number of hydrogen-bond donors (Lipinski definition) is 0. The number of hydrogen-bond acceptors (Lipinski definition) is 6. The third kappa shape index (κ3) is 4.80. The van der Waals surface area contributed by atoms with Crippen molar-refractivity contribution < 1.29 is 22.3 Å². The maximum Gasteiger partial charge on any atom is 0.573 e. The van der Waals surface area contributed by atoms with Crippen molar-refractivity contribution >= 4 is 11.3 Å². The first-order valence-corrected chi connectivity index (χ1v) is 8.17. The van der Waals surface area contributed by atoms with Gasteiger partial charge in [0.05, 0.1) is 11.4 Å². The fourth-order valence-corrected chi connectivity index (χ4v) is 2.90. The summed E-state index contributed by atoms with van der Waals surface area (Å²) in [6, 6.07) is 9.79. The molecule has 0 radical (unpaired) electrons. The van der Waals surface area contributed by atoms with E-state index >= 15 is 0 Å². The van der Waals surface area contributed by atoms with Gasteiger partial charge in [-0.1, -0.05) is 24.3 Å². The number of nitrogens with zero attached hydrogens (tertiary/aromatic N) is 3. The van der Waals surface area contributed by atoms with Gasteiger partial charge in [0.25, 0.3) is 5.89 Å².